The van der Waals surface area contributed by atoms with Crippen molar-refractivity contribution in [2.24, 2.45) is 5.73 Å². The number of carbonyl (C=O) groups excluding carboxylic acids is 1. The highest BCUT2D eigenvalue weighted by Crippen LogP contribution is 2.43. The number of carboxylic acids is 1. The molecular formula is C47H90NO9P. The molecule has 342 valence electrons. The number of unbranched alkanes of at least 4 members (excludes halogenated alkanes) is 28. The molecular weight excluding hydrogens is 753 g/mol. The molecule has 11 heteroatoms. The SMILES string of the molecule is CCCCCCC/C=C\C/C=C\CCCCCCCCCCCCCC(=O)OC(COCCCCCCCCCCCCCCC)COP(=O)(O)OCC(N)C(=O)O. The summed E-state index contributed by atoms with van der Waals surface area (Å²) in [6.45, 7) is 3.90. The first-order valence-electron chi connectivity index (χ1n) is 23.9. The average Bonchev–Trinajstić information content (AvgIpc) is 3.20. The van der Waals surface area contributed by atoms with E-state index in [1.807, 2.05) is 0 Å². The first-order valence-corrected chi connectivity index (χ1v) is 25.4. The third-order valence-electron chi connectivity index (χ3n) is 10.5. The van der Waals surface area contributed by atoms with Gasteiger partial charge >= 0.3 is 19.8 Å². The molecule has 0 radical (unpaired) electrons. The fourth-order valence-corrected chi connectivity index (χ4v) is 7.53. The number of rotatable bonds is 46. The Morgan fingerprint density at radius 3 is 1.40 bits per heavy atom. The maximum absolute atomic E-state index is 12.7. The van der Waals surface area contributed by atoms with Crippen molar-refractivity contribution in [2.75, 3.05) is 26.4 Å². The molecule has 0 fully saturated rings. The van der Waals surface area contributed by atoms with Crippen LogP contribution < -0.4 is 5.73 Å². The molecule has 0 aliphatic heterocycles. The molecule has 0 saturated carbocycles. The molecule has 58 heavy (non-hydrogen) atoms. The van der Waals surface area contributed by atoms with Gasteiger partial charge in [-0.05, 0) is 44.9 Å². The Morgan fingerprint density at radius 1 is 0.552 bits per heavy atom. The minimum atomic E-state index is -4.61. The number of esters is 1. The van der Waals surface area contributed by atoms with E-state index >= 15 is 0 Å². The molecule has 0 heterocycles. The van der Waals surface area contributed by atoms with Crippen molar-refractivity contribution in [1.29, 1.82) is 0 Å². The molecule has 10 nitrogen and oxygen atoms in total. The van der Waals surface area contributed by atoms with Crippen LogP contribution in [0, 0.1) is 0 Å². The Balaban J connectivity index is 4.11. The lowest BCUT2D eigenvalue weighted by atomic mass is 10.0. The molecule has 3 unspecified atom stereocenters. The van der Waals surface area contributed by atoms with Gasteiger partial charge in [-0.2, -0.15) is 0 Å². The van der Waals surface area contributed by atoms with E-state index in [0.717, 1.165) is 44.9 Å². The largest absolute Gasteiger partial charge is 0.480 e. The molecule has 0 rings (SSSR count). The lowest BCUT2D eigenvalue weighted by Gasteiger charge is -2.20. The molecule has 0 amide bonds. The number of hydrogen-bond donors (Lipinski definition) is 3. The molecule has 0 aliphatic rings. The second-order valence-electron chi connectivity index (χ2n) is 16.2. The second-order valence-corrected chi connectivity index (χ2v) is 17.7. The molecule has 0 bridgehead atoms. The number of allylic oxidation sites excluding steroid dienone is 4. The van der Waals surface area contributed by atoms with Gasteiger partial charge in [-0.3, -0.25) is 18.6 Å². The van der Waals surface area contributed by atoms with Gasteiger partial charge in [0.25, 0.3) is 0 Å². The number of aliphatic carboxylic acids is 1. The Hall–Kier alpha value is -1.55. The van der Waals surface area contributed by atoms with Crippen LogP contribution in [-0.2, 0) is 32.7 Å². The summed E-state index contributed by atoms with van der Waals surface area (Å²) < 4.78 is 33.4. The molecule has 4 N–H and O–H groups in total. The van der Waals surface area contributed by atoms with Gasteiger partial charge in [0.15, 0.2) is 0 Å². The average molecular weight is 844 g/mol. The van der Waals surface area contributed by atoms with Crippen molar-refractivity contribution in [3.8, 4) is 0 Å². The van der Waals surface area contributed by atoms with Gasteiger partial charge in [0.1, 0.15) is 12.1 Å². The van der Waals surface area contributed by atoms with E-state index in [0.29, 0.717) is 13.0 Å². The van der Waals surface area contributed by atoms with Crippen LogP contribution in [0.4, 0.5) is 0 Å². The van der Waals surface area contributed by atoms with Crippen LogP contribution >= 0.6 is 7.82 Å². The molecule has 0 aliphatic carbocycles. The van der Waals surface area contributed by atoms with Crippen LogP contribution in [0.15, 0.2) is 24.3 Å². The summed E-state index contributed by atoms with van der Waals surface area (Å²) in [5.74, 6) is -1.77. The standard InChI is InChI=1S/C47H90NO9P/c1-3-5-7-9-11-13-15-17-18-19-20-21-22-23-24-25-26-27-29-31-33-35-37-39-46(49)57-44(42-55-58(52,53)56-43-45(48)47(50)51)41-54-40-38-36-34-32-30-28-16-14-12-10-8-6-4-2/h15,17,19-20,44-45H,3-14,16,18,21-43,48H2,1-2H3,(H,50,51)(H,52,53)/b17-15-,20-19-. The van der Waals surface area contributed by atoms with Crippen molar-refractivity contribution in [3.63, 3.8) is 0 Å². The zero-order chi connectivity index (χ0) is 42.6. The van der Waals surface area contributed by atoms with Crippen LogP contribution in [0.1, 0.15) is 226 Å². The fraction of sp³-hybridized carbons (Fsp3) is 0.872. The summed E-state index contributed by atoms with van der Waals surface area (Å²) in [7, 11) is -4.61. The number of phosphoric ester groups is 1. The number of carbonyl (C=O) groups is 2. The Labute approximate surface area is 355 Å². The number of hydrogen-bond acceptors (Lipinski definition) is 8. The maximum Gasteiger partial charge on any atom is 0.472 e. The second kappa shape index (κ2) is 43.5. The van der Waals surface area contributed by atoms with Crippen molar-refractivity contribution in [1.82, 2.24) is 0 Å². The minimum Gasteiger partial charge on any atom is -0.480 e. The molecule has 0 aromatic heterocycles. The van der Waals surface area contributed by atoms with Gasteiger partial charge in [0.05, 0.1) is 19.8 Å². The summed E-state index contributed by atoms with van der Waals surface area (Å²) in [5, 5.41) is 8.90. The van der Waals surface area contributed by atoms with Crippen LogP contribution in [0.5, 0.6) is 0 Å². The highest BCUT2D eigenvalue weighted by molar-refractivity contribution is 7.47. The van der Waals surface area contributed by atoms with E-state index in [4.69, 9.17) is 29.4 Å². The van der Waals surface area contributed by atoms with Crippen LogP contribution in [0.2, 0.25) is 0 Å². The van der Waals surface area contributed by atoms with E-state index in [2.05, 4.69) is 38.2 Å². The van der Waals surface area contributed by atoms with Gasteiger partial charge < -0.3 is 25.2 Å². The van der Waals surface area contributed by atoms with Crippen molar-refractivity contribution in [2.45, 2.75) is 238 Å². The normalized spacial score (nSPS) is 14.0. The molecule has 0 aromatic rings. The van der Waals surface area contributed by atoms with Gasteiger partial charge in [-0.1, -0.05) is 199 Å². The maximum atomic E-state index is 12.7. The summed E-state index contributed by atoms with van der Waals surface area (Å²) in [6.07, 6.45) is 48.0. The van der Waals surface area contributed by atoms with Crippen LogP contribution in [0.25, 0.3) is 0 Å². The van der Waals surface area contributed by atoms with Gasteiger partial charge in [-0.25, -0.2) is 4.57 Å². The Bertz CT molecular complexity index is 1020. The quantitative estimate of drug-likeness (QED) is 0.0233. The lowest BCUT2D eigenvalue weighted by molar-refractivity contribution is -0.154. The monoisotopic (exact) mass is 844 g/mol. The van der Waals surface area contributed by atoms with Crippen LogP contribution in [-0.4, -0.2) is 60.5 Å². The third-order valence-corrected chi connectivity index (χ3v) is 11.4. The Kier molecular flexibility index (Phi) is 42.4. The summed E-state index contributed by atoms with van der Waals surface area (Å²) in [6, 6.07) is -1.47. The Morgan fingerprint density at radius 2 is 0.948 bits per heavy atom. The first-order chi connectivity index (χ1) is 28.2. The number of carboxylic acid groups (broad SMARTS) is 1. The number of ether oxygens (including phenoxy) is 2. The highest BCUT2D eigenvalue weighted by Gasteiger charge is 2.27. The summed E-state index contributed by atoms with van der Waals surface area (Å²) in [5.41, 5.74) is 5.36. The topological polar surface area (TPSA) is 155 Å². The van der Waals surface area contributed by atoms with Gasteiger partial charge in [-0.15, -0.1) is 0 Å². The van der Waals surface area contributed by atoms with E-state index in [9.17, 15) is 19.0 Å². The molecule has 0 spiro atoms. The van der Waals surface area contributed by atoms with Crippen molar-refractivity contribution in [3.05, 3.63) is 24.3 Å². The molecule has 0 aromatic carbocycles. The molecule has 0 saturated heterocycles. The predicted octanol–water partition coefficient (Wildman–Crippen LogP) is 13.5. The fourth-order valence-electron chi connectivity index (χ4n) is 6.75. The van der Waals surface area contributed by atoms with Gasteiger partial charge in [0, 0.05) is 13.0 Å². The van der Waals surface area contributed by atoms with E-state index in [1.165, 1.54) is 154 Å². The highest BCUT2D eigenvalue weighted by atomic mass is 31.2. The zero-order valence-electron chi connectivity index (χ0n) is 37.4. The van der Waals surface area contributed by atoms with Gasteiger partial charge in [0.2, 0.25) is 0 Å². The predicted molar refractivity (Wildman–Crippen MR) is 240 cm³/mol. The smallest absolute Gasteiger partial charge is 0.472 e. The third kappa shape index (κ3) is 42.6. The minimum absolute atomic E-state index is 0.0207. The summed E-state index contributed by atoms with van der Waals surface area (Å²) in [4.78, 5) is 33.6. The van der Waals surface area contributed by atoms with Crippen molar-refractivity contribution >= 4 is 19.8 Å². The van der Waals surface area contributed by atoms with Crippen LogP contribution in [0.3, 0.4) is 0 Å². The van der Waals surface area contributed by atoms with Crippen molar-refractivity contribution < 1.29 is 42.7 Å². The lowest BCUT2D eigenvalue weighted by Crippen LogP contribution is -2.34. The summed E-state index contributed by atoms with van der Waals surface area (Å²) >= 11 is 0. The first kappa shape index (κ1) is 56.5. The molecule has 3 atom stereocenters. The number of phosphoric acid groups is 1. The van der Waals surface area contributed by atoms with E-state index < -0.39 is 45.1 Å². The van der Waals surface area contributed by atoms with E-state index in [1.54, 1.807) is 0 Å². The number of nitrogens with two attached hydrogens (primary N) is 1. The van der Waals surface area contributed by atoms with E-state index in [-0.39, 0.29) is 13.0 Å². The zero-order valence-corrected chi connectivity index (χ0v) is 38.3.